The Morgan fingerprint density at radius 1 is 1.20 bits per heavy atom. The van der Waals surface area contributed by atoms with Gasteiger partial charge in [0.1, 0.15) is 0 Å². The van der Waals surface area contributed by atoms with Crippen LogP contribution in [-0.4, -0.2) is 35.0 Å². The van der Waals surface area contributed by atoms with E-state index < -0.39 is 0 Å². The van der Waals surface area contributed by atoms with Gasteiger partial charge in [-0.25, -0.2) is 0 Å². The summed E-state index contributed by atoms with van der Waals surface area (Å²) in [5.41, 5.74) is 7.79. The predicted molar refractivity (Wildman–Crippen MR) is 122 cm³/mol. The molecule has 0 amide bonds. The van der Waals surface area contributed by atoms with Crippen molar-refractivity contribution in [1.82, 2.24) is 5.32 Å². The van der Waals surface area contributed by atoms with E-state index in [0.29, 0.717) is 23.7 Å². The van der Waals surface area contributed by atoms with Gasteiger partial charge in [-0.05, 0) is 103 Å². The van der Waals surface area contributed by atoms with E-state index in [-0.39, 0.29) is 23.7 Å². The number of aliphatic hydroxyl groups is 2. The molecule has 0 spiro atoms. The molecule has 0 bridgehead atoms. The molecule has 3 aliphatic carbocycles. The molecule has 5 rings (SSSR count). The van der Waals surface area contributed by atoms with Crippen LogP contribution in [0.15, 0.2) is 23.8 Å². The van der Waals surface area contributed by atoms with Gasteiger partial charge in [0.05, 0.1) is 12.2 Å². The van der Waals surface area contributed by atoms with E-state index in [1.54, 1.807) is 11.1 Å². The van der Waals surface area contributed by atoms with Gasteiger partial charge in [0.25, 0.3) is 0 Å². The molecule has 0 aromatic heterocycles. The van der Waals surface area contributed by atoms with Crippen LogP contribution in [0, 0.1) is 24.2 Å². The van der Waals surface area contributed by atoms with Crippen molar-refractivity contribution in [2.75, 3.05) is 6.54 Å². The van der Waals surface area contributed by atoms with Gasteiger partial charge >= 0.3 is 0 Å². The summed E-state index contributed by atoms with van der Waals surface area (Å²) in [6.45, 7) is 10.3. The van der Waals surface area contributed by atoms with Gasteiger partial charge in [0.2, 0.25) is 0 Å². The molecule has 2 fully saturated rings. The van der Waals surface area contributed by atoms with E-state index in [1.165, 1.54) is 23.1 Å². The fraction of sp³-hybridized carbons (Fsp3) is 0.704. The van der Waals surface area contributed by atoms with Gasteiger partial charge in [0, 0.05) is 6.04 Å². The number of rotatable bonds is 2. The molecule has 1 saturated carbocycles. The lowest BCUT2D eigenvalue weighted by atomic mass is 9.57. The first-order valence-electron chi connectivity index (χ1n) is 12.2. The zero-order chi connectivity index (χ0) is 21.2. The summed E-state index contributed by atoms with van der Waals surface area (Å²) in [5, 5.41) is 24.6. The minimum absolute atomic E-state index is 0.143. The highest BCUT2D eigenvalue weighted by Gasteiger charge is 2.50. The first kappa shape index (κ1) is 20.7. The second kappa shape index (κ2) is 7.46. The zero-order valence-corrected chi connectivity index (χ0v) is 19.1. The summed E-state index contributed by atoms with van der Waals surface area (Å²) in [6, 6.07) is 4.92. The largest absolute Gasteiger partial charge is 0.393 e. The van der Waals surface area contributed by atoms with Gasteiger partial charge in [-0.15, -0.1) is 0 Å². The summed E-state index contributed by atoms with van der Waals surface area (Å²) in [6.07, 6.45) is 8.20. The fourth-order valence-corrected chi connectivity index (χ4v) is 7.49. The molecule has 30 heavy (non-hydrogen) atoms. The highest BCUT2D eigenvalue weighted by molar-refractivity contribution is 5.49. The smallest absolute Gasteiger partial charge is 0.0702 e. The molecule has 3 heteroatoms. The van der Waals surface area contributed by atoms with E-state index >= 15 is 0 Å². The normalized spacial score (nSPS) is 41.5. The lowest BCUT2D eigenvalue weighted by Gasteiger charge is -2.48. The van der Waals surface area contributed by atoms with Crippen LogP contribution < -0.4 is 5.32 Å². The second-order valence-electron chi connectivity index (χ2n) is 11.2. The molecule has 4 unspecified atom stereocenters. The summed E-state index contributed by atoms with van der Waals surface area (Å²) in [4.78, 5) is 0. The van der Waals surface area contributed by atoms with Gasteiger partial charge in [0.15, 0.2) is 0 Å². The van der Waals surface area contributed by atoms with Crippen LogP contribution in [0.3, 0.4) is 0 Å². The molecule has 8 atom stereocenters. The first-order valence-corrected chi connectivity index (χ1v) is 12.2. The highest BCUT2D eigenvalue weighted by atomic mass is 16.3. The molecule has 1 aliphatic heterocycles. The van der Waals surface area contributed by atoms with Crippen LogP contribution in [0.1, 0.15) is 87.0 Å². The van der Waals surface area contributed by atoms with Crippen molar-refractivity contribution in [3.05, 3.63) is 46.0 Å². The number of benzene rings is 1. The van der Waals surface area contributed by atoms with Gasteiger partial charge in [-0.3, -0.25) is 0 Å². The van der Waals surface area contributed by atoms with Crippen molar-refractivity contribution in [2.45, 2.75) is 96.3 Å². The summed E-state index contributed by atoms with van der Waals surface area (Å²) in [5.74, 6) is 2.16. The molecule has 3 nitrogen and oxygen atoms in total. The molecule has 1 heterocycles. The third-order valence-electron chi connectivity index (χ3n) is 9.40. The molecule has 1 saturated heterocycles. The summed E-state index contributed by atoms with van der Waals surface area (Å²) in [7, 11) is 0. The number of fused-ring (bicyclic) bond motifs is 5. The van der Waals surface area contributed by atoms with Crippen LogP contribution in [0.2, 0.25) is 0 Å². The lowest BCUT2D eigenvalue weighted by Crippen LogP contribution is -2.50. The first-order chi connectivity index (χ1) is 14.3. The van der Waals surface area contributed by atoms with E-state index in [9.17, 15) is 10.2 Å². The van der Waals surface area contributed by atoms with Gasteiger partial charge < -0.3 is 15.5 Å². The van der Waals surface area contributed by atoms with E-state index in [0.717, 1.165) is 38.6 Å². The van der Waals surface area contributed by atoms with Crippen molar-refractivity contribution >= 4 is 0 Å². The van der Waals surface area contributed by atoms with E-state index in [2.05, 4.69) is 51.2 Å². The molecule has 3 N–H and O–H groups in total. The number of aliphatic hydroxyl groups excluding tert-OH is 2. The minimum Gasteiger partial charge on any atom is -0.393 e. The third-order valence-corrected chi connectivity index (χ3v) is 9.40. The van der Waals surface area contributed by atoms with E-state index in [4.69, 9.17) is 0 Å². The van der Waals surface area contributed by atoms with Crippen molar-refractivity contribution in [1.29, 1.82) is 0 Å². The van der Waals surface area contributed by atoms with Crippen molar-refractivity contribution in [3.8, 4) is 0 Å². The predicted octanol–water partition coefficient (Wildman–Crippen LogP) is 4.59. The number of nitrogens with one attached hydrogen (secondary N) is 1. The Kier molecular flexibility index (Phi) is 5.16. The third kappa shape index (κ3) is 3.12. The van der Waals surface area contributed by atoms with Gasteiger partial charge in [-0.2, -0.15) is 0 Å². The second-order valence-corrected chi connectivity index (χ2v) is 11.2. The van der Waals surface area contributed by atoms with Gasteiger partial charge in [-0.1, -0.05) is 44.6 Å². The zero-order valence-electron chi connectivity index (χ0n) is 19.1. The standard InChI is InChI=1S/C27H39NO2/c1-15-11-25(30)26(28-14-15)17(3)20-7-8-21-22-6-5-18-12-19(29)9-10-27(18,4)24(22)13-23(21)16(20)2/h5,7-8,15,17,19,22,24-26,28-30H,6,9-14H2,1-4H3/t15?,17?,19?,22-,24?,25-,26+,27+/m0/s1. The lowest BCUT2D eigenvalue weighted by molar-refractivity contribution is 0.0656. The SMILES string of the molecule is Cc1c(C(C)[C@H]2NCC(C)C[C@@H]2O)ccc2c1CC1[C@H]2CC=C2CC(O)CC[C@]21C. The maximum atomic E-state index is 10.7. The molecule has 0 radical (unpaired) electrons. The Bertz CT molecular complexity index is 861. The van der Waals surface area contributed by atoms with Crippen LogP contribution in [0.5, 0.6) is 0 Å². The topological polar surface area (TPSA) is 52.5 Å². The Hall–Kier alpha value is -1.16. The molecular formula is C27H39NO2. The summed E-state index contributed by atoms with van der Waals surface area (Å²) < 4.78 is 0. The number of allylic oxidation sites excluding steroid dienone is 1. The van der Waals surface area contributed by atoms with Crippen molar-refractivity contribution in [3.63, 3.8) is 0 Å². The Morgan fingerprint density at radius 3 is 2.77 bits per heavy atom. The van der Waals surface area contributed by atoms with Crippen LogP contribution in [0.4, 0.5) is 0 Å². The van der Waals surface area contributed by atoms with E-state index in [1.807, 2.05) is 0 Å². The quantitative estimate of drug-likeness (QED) is 0.626. The Balaban J connectivity index is 1.44. The molecular weight excluding hydrogens is 370 g/mol. The maximum Gasteiger partial charge on any atom is 0.0702 e. The van der Waals surface area contributed by atoms with Crippen molar-refractivity contribution < 1.29 is 10.2 Å². The number of hydrogen-bond donors (Lipinski definition) is 3. The monoisotopic (exact) mass is 409 g/mol. The minimum atomic E-state index is -0.265. The fourth-order valence-electron chi connectivity index (χ4n) is 7.49. The maximum absolute atomic E-state index is 10.7. The van der Waals surface area contributed by atoms with Crippen LogP contribution >= 0.6 is 0 Å². The molecule has 1 aromatic rings. The Labute approximate surface area is 182 Å². The van der Waals surface area contributed by atoms with Crippen LogP contribution in [0.25, 0.3) is 0 Å². The summed E-state index contributed by atoms with van der Waals surface area (Å²) >= 11 is 0. The highest BCUT2D eigenvalue weighted by Crippen LogP contribution is 2.60. The Morgan fingerprint density at radius 2 is 2.00 bits per heavy atom. The average molecular weight is 410 g/mol. The molecule has 164 valence electrons. The average Bonchev–Trinajstić information content (AvgIpc) is 3.09. The molecule has 1 aromatic carbocycles. The molecule has 4 aliphatic rings. The van der Waals surface area contributed by atoms with Crippen LogP contribution in [-0.2, 0) is 6.42 Å². The van der Waals surface area contributed by atoms with Crippen molar-refractivity contribution in [2.24, 2.45) is 17.3 Å². The number of piperidine rings is 1. The number of hydrogen-bond acceptors (Lipinski definition) is 3.